The van der Waals surface area contributed by atoms with Gasteiger partial charge in [0.05, 0.1) is 5.75 Å². The molecule has 1 atom stereocenters. The largest absolute Gasteiger partial charge is 0.480 e. The van der Waals surface area contributed by atoms with E-state index in [0.29, 0.717) is 19.4 Å². The zero-order chi connectivity index (χ0) is 14.0. The van der Waals surface area contributed by atoms with Crippen molar-refractivity contribution < 1.29 is 18.3 Å². The van der Waals surface area contributed by atoms with Crippen molar-refractivity contribution in [1.82, 2.24) is 0 Å². The van der Waals surface area contributed by atoms with Gasteiger partial charge in [-0.15, -0.1) is 0 Å². The Morgan fingerprint density at radius 1 is 1.42 bits per heavy atom. The molecule has 0 spiro atoms. The number of sulfone groups is 1. The van der Waals surface area contributed by atoms with Crippen LogP contribution in [0.2, 0.25) is 0 Å². The maximum Gasteiger partial charge on any atom is 0.326 e. The Bertz CT molecular complexity index is 582. The monoisotopic (exact) mass is 283 g/mol. The van der Waals surface area contributed by atoms with E-state index in [-0.39, 0.29) is 5.75 Å². The normalized spacial score (nSPS) is 18.4. The Kier molecular flexibility index (Phi) is 3.80. The maximum atomic E-state index is 11.3. The molecule has 0 saturated heterocycles. The molecule has 2 rings (SSSR count). The van der Waals surface area contributed by atoms with Crippen LogP contribution in [0.25, 0.3) is 0 Å². The summed E-state index contributed by atoms with van der Waals surface area (Å²) in [7, 11) is -3.01. The van der Waals surface area contributed by atoms with E-state index in [4.69, 9.17) is 0 Å². The van der Waals surface area contributed by atoms with Crippen LogP contribution in [0.4, 0.5) is 5.69 Å². The SMILES string of the molecule is CS(=O)(=O)CCCN1c2ccccc2CC1C(=O)O. The number of fused-ring (bicyclic) bond motifs is 1. The molecule has 0 bridgehead atoms. The highest BCUT2D eigenvalue weighted by Gasteiger charge is 2.33. The second kappa shape index (κ2) is 5.21. The van der Waals surface area contributed by atoms with Gasteiger partial charge in [-0.05, 0) is 18.1 Å². The van der Waals surface area contributed by atoms with Gasteiger partial charge in [-0.1, -0.05) is 18.2 Å². The minimum Gasteiger partial charge on any atom is -0.480 e. The fourth-order valence-corrected chi connectivity index (χ4v) is 3.10. The summed E-state index contributed by atoms with van der Waals surface area (Å²) >= 11 is 0. The average Bonchev–Trinajstić information content (AvgIpc) is 2.67. The van der Waals surface area contributed by atoms with E-state index in [1.54, 1.807) is 4.90 Å². The van der Waals surface area contributed by atoms with Crippen molar-refractivity contribution in [2.75, 3.05) is 23.5 Å². The van der Waals surface area contributed by atoms with Crippen molar-refractivity contribution in [1.29, 1.82) is 0 Å². The standard InChI is InChI=1S/C13H17NO4S/c1-19(17,18)8-4-7-14-11-6-3-2-5-10(11)9-12(14)13(15)16/h2-3,5-6,12H,4,7-9H2,1H3,(H,15,16). The zero-order valence-corrected chi connectivity index (χ0v) is 11.6. The van der Waals surface area contributed by atoms with Gasteiger partial charge in [0, 0.05) is 24.9 Å². The molecule has 1 aromatic rings. The molecule has 0 amide bonds. The first-order chi connectivity index (χ1) is 8.88. The Hall–Kier alpha value is -1.56. The lowest BCUT2D eigenvalue weighted by atomic mass is 10.1. The molecule has 5 nitrogen and oxygen atoms in total. The van der Waals surface area contributed by atoms with Gasteiger partial charge in [0.15, 0.2) is 0 Å². The van der Waals surface area contributed by atoms with Crippen LogP contribution >= 0.6 is 0 Å². The van der Waals surface area contributed by atoms with E-state index in [1.807, 2.05) is 24.3 Å². The number of para-hydroxylation sites is 1. The van der Waals surface area contributed by atoms with Crippen LogP contribution in [0.1, 0.15) is 12.0 Å². The molecule has 1 aliphatic heterocycles. The van der Waals surface area contributed by atoms with Crippen molar-refractivity contribution >= 4 is 21.5 Å². The lowest BCUT2D eigenvalue weighted by molar-refractivity contribution is -0.138. The van der Waals surface area contributed by atoms with Crippen molar-refractivity contribution in [2.24, 2.45) is 0 Å². The van der Waals surface area contributed by atoms with Gasteiger partial charge in [0.1, 0.15) is 15.9 Å². The van der Waals surface area contributed by atoms with E-state index in [0.717, 1.165) is 11.3 Å². The third-order valence-electron chi connectivity index (χ3n) is 3.29. The highest BCUT2D eigenvalue weighted by atomic mass is 32.2. The molecule has 0 aromatic heterocycles. The predicted molar refractivity (Wildman–Crippen MR) is 73.2 cm³/mol. The van der Waals surface area contributed by atoms with Gasteiger partial charge in [-0.3, -0.25) is 0 Å². The van der Waals surface area contributed by atoms with E-state index in [9.17, 15) is 18.3 Å². The molecule has 1 heterocycles. The molecule has 1 N–H and O–H groups in total. The molecule has 0 radical (unpaired) electrons. The number of hydrogen-bond donors (Lipinski definition) is 1. The quantitative estimate of drug-likeness (QED) is 0.870. The van der Waals surface area contributed by atoms with E-state index < -0.39 is 21.8 Å². The molecule has 1 unspecified atom stereocenters. The molecular weight excluding hydrogens is 266 g/mol. The molecule has 0 saturated carbocycles. The summed E-state index contributed by atoms with van der Waals surface area (Å²) in [6, 6.07) is 6.97. The number of hydrogen-bond acceptors (Lipinski definition) is 4. The molecule has 0 fully saturated rings. The number of rotatable bonds is 5. The highest BCUT2D eigenvalue weighted by Crippen LogP contribution is 2.32. The fraction of sp³-hybridized carbons (Fsp3) is 0.462. The van der Waals surface area contributed by atoms with Gasteiger partial charge < -0.3 is 10.0 Å². The molecule has 0 aliphatic carbocycles. The van der Waals surface area contributed by atoms with Crippen LogP contribution in [0.5, 0.6) is 0 Å². The predicted octanol–water partition coefficient (Wildman–Crippen LogP) is 0.937. The minimum absolute atomic E-state index is 0.0814. The van der Waals surface area contributed by atoms with Crippen LogP contribution in [0.3, 0.4) is 0 Å². The number of aliphatic carboxylic acids is 1. The number of benzene rings is 1. The van der Waals surface area contributed by atoms with Crippen LogP contribution in [-0.4, -0.2) is 44.1 Å². The van der Waals surface area contributed by atoms with Crippen LogP contribution in [0, 0.1) is 0 Å². The summed E-state index contributed by atoms with van der Waals surface area (Å²) in [5, 5.41) is 9.26. The Labute approximate surface area is 112 Å². The van der Waals surface area contributed by atoms with Gasteiger partial charge in [-0.2, -0.15) is 0 Å². The smallest absolute Gasteiger partial charge is 0.326 e. The zero-order valence-electron chi connectivity index (χ0n) is 10.7. The van der Waals surface area contributed by atoms with E-state index in [2.05, 4.69) is 0 Å². The van der Waals surface area contributed by atoms with Gasteiger partial charge in [0.25, 0.3) is 0 Å². The third kappa shape index (κ3) is 3.26. The van der Waals surface area contributed by atoms with Crippen molar-refractivity contribution in [3.05, 3.63) is 29.8 Å². The van der Waals surface area contributed by atoms with Gasteiger partial charge >= 0.3 is 5.97 Å². The molecule has 6 heteroatoms. The molecule has 19 heavy (non-hydrogen) atoms. The van der Waals surface area contributed by atoms with E-state index >= 15 is 0 Å². The summed E-state index contributed by atoms with van der Waals surface area (Å²) in [6.07, 6.45) is 2.11. The second-order valence-electron chi connectivity index (χ2n) is 4.86. The molecule has 104 valence electrons. The summed E-state index contributed by atoms with van der Waals surface area (Å²) in [6.45, 7) is 0.445. The van der Waals surface area contributed by atoms with Crippen molar-refractivity contribution in [3.8, 4) is 0 Å². The van der Waals surface area contributed by atoms with Crippen LogP contribution < -0.4 is 4.90 Å². The summed E-state index contributed by atoms with van der Waals surface area (Å²) in [5.74, 6) is -0.784. The first-order valence-corrected chi connectivity index (χ1v) is 8.19. The van der Waals surface area contributed by atoms with Gasteiger partial charge in [0.2, 0.25) is 0 Å². The highest BCUT2D eigenvalue weighted by molar-refractivity contribution is 7.90. The maximum absolute atomic E-state index is 11.3. The first-order valence-electron chi connectivity index (χ1n) is 6.13. The van der Waals surface area contributed by atoms with Gasteiger partial charge in [-0.25, -0.2) is 13.2 Å². The lowest BCUT2D eigenvalue weighted by Gasteiger charge is -2.24. The lowest BCUT2D eigenvalue weighted by Crippen LogP contribution is -2.39. The molecular formula is C13H17NO4S. The molecule has 1 aromatic carbocycles. The van der Waals surface area contributed by atoms with E-state index in [1.165, 1.54) is 6.26 Å². The summed E-state index contributed by atoms with van der Waals surface area (Å²) in [5.41, 5.74) is 1.91. The number of nitrogens with zero attached hydrogens (tertiary/aromatic N) is 1. The van der Waals surface area contributed by atoms with Crippen LogP contribution in [0.15, 0.2) is 24.3 Å². The van der Waals surface area contributed by atoms with Crippen molar-refractivity contribution in [2.45, 2.75) is 18.9 Å². The number of carboxylic acid groups (broad SMARTS) is 1. The Morgan fingerprint density at radius 3 is 2.74 bits per heavy atom. The Balaban J connectivity index is 2.13. The fourth-order valence-electron chi connectivity index (χ4n) is 2.44. The Morgan fingerprint density at radius 2 is 2.11 bits per heavy atom. The number of anilines is 1. The number of carboxylic acids is 1. The molecule has 1 aliphatic rings. The van der Waals surface area contributed by atoms with Crippen molar-refractivity contribution in [3.63, 3.8) is 0 Å². The first kappa shape index (κ1) is 13.9. The summed E-state index contributed by atoms with van der Waals surface area (Å²) in [4.78, 5) is 13.1. The number of carbonyl (C=O) groups is 1. The topological polar surface area (TPSA) is 74.7 Å². The van der Waals surface area contributed by atoms with Crippen LogP contribution in [-0.2, 0) is 21.1 Å². The average molecular weight is 283 g/mol. The third-order valence-corrected chi connectivity index (χ3v) is 4.32. The summed E-state index contributed by atoms with van der Waals surface area (Å²) < 4.78 is 22.3. The second-order valence-corrected chi connectivity index (χ2v) is 7.12. The minimum atomic E-state index is -3.01.